The summed E-state index contributed by atoms with van der Waals surface area (Å²) in [6.45, 7) is 0. The summed E-state index contributed by atoms with van der Waals surface area (Å²) in [4.78, 5) is 0.121. The fourth-order valence-electron chi connectivity index (χ4n) is 3.35. The van der Waals surface area contributed by atoms with Gasteiger partial charge in [0.2, 0.25) is 5.88 Å². The molecule has 9 heteroatoms. The van der Waals surface area contributed by atoms with Gasteiger partial charge in [0.05, 0.1) is 29.0 Å². The zero-order valence-corrected chi connectivity index (χ0v) is 17.8. The summed E-state index contributed by atoms with van der Waals surface area (Å²) >= 11 is 0. The van der Waals surface area contributed by atoms with Crippen molar-refractivity contribution in [1.29, 1.82) is 0 Å². The molecule has 164 valence electrons. The van der Waals surface area contributed by atoms with Gasteiger partial charge in [-0.15, -0.1) is 5.10 Å². The highest BCUT2D eigenvalue weighted by atomic mass is 32.2. The fraction of sp³-hybridized carbons (Fsp3) is 0.0870. The van der Waals surface area contributed by atoms with Gasteiger partial charge in [0.1, 0.15) is 5.82 Å². The van der Waals surface area contributed by atoms with Crippen molar-refractivity contribution in [2.75, 3.05) is 13.4 Å². The molecule has 0 atom stereocenters. The molecule has 0 fully saturated rings. The average Bonchev–Trinajstić information content (AvgIpc) is 3.15. The molecule has 4 rings (SSSR count). The molecule has 0 aliphatic rings. The van der Waals surface area contributed by atoms with Crippen LogP contribution >= 0.6 is 0 Å². The molecule has 1 aromatic heterocycles. The maximum Gasteiger partial charge on any atom is 0.241 e. The molecular formula is C23H17F3N2O3S. The van der Waals surface area contributed by atoms with E-state index in [-0.39, 0.29) is 16.5 Å². The van der Waals surface area contributed by atoms with Gasteiger partial charge < -0.3 is 4.74 Å². The Labute approximate surface area is 182 Å². The lowest BCUT2D eigenvalue weighted by Gasteiger charge is -2.11. The van der Waals surface area contributed by atoms with Gasteiger partial charge in [0.15, 0.2) is 21.5 Å². The maximum atomic E-state index is 14.0. The van der Waals surface area contributed by atoms with E-state index < -0.39 is 27.3 Å². The Morgan fingerprint density at radius 2 is 1.47 bits per heavy atom. The number of benzene rings is 3. The van der Waals surface area contributed by atoms with Gasteiger partial charge in [-0.3, -0.25) is 0 Å². The molecule has 0 aliphatic heterocycles. The molecule has 0 unspecified atom stereocenters. The summed E-state index contributed by atoms with van der Waals surface area (Å²) in [5, 5.41) is 4.41. The lowest BCUT2D eigenvalue weighted by atomic mass is 10.0. The first-order valence-corrected chi connectivity index (χ1v) is 11.3. The van der Waals surface area contributed by atoms with Gasteiger partial charge in [-0.1, -0.05) is 24.3 Å². The van der Waals surface area contributed by atoms with E-state index in [9.17, 15) is 21.6 Å². The molecule has 0 bridgehead atoms. The Morgan fingerprint density at radius 3 is 2.03 bits per heavy atom. The number of halogens is 3. The van der Waals surface area contributed by atoms with Gasteiger partial charge in [-0.2, -0.15) is 0 Å². The van der Waals surface area contributed by atoms with E-state index in [1.54, 1.807) is 24.3 Å². The molecule has 32 heavy (non-hydrogen) atoms. The molecule has 1 heterocycles. The van der Waals surface area contributed by atoms with E-state index >= 15 is 0 Å². The van der Waals surface area contributed by atoms with E-state index in [1.807, 2.05) is 0 Å². The molecule has 4 aromatic rings. The minimum Gasteiger partial charge on any atom is -0.479 e. The second-order valence-corrected chi connectivity index (χ2v) is 9.06. The standard InChI is InChI=1S/C23H17F3N2O3S/c1-31-23-21(14-3-7-16(24)8-4-14)22(15-5-10-18(11-6-15)32(2,29)30)28(27-23)17-9-12-19(25)20(26)13-17/h3-13H,1-2H3. The second kappa shape index (κ2) is 8.16. The largest absolute Gasteiger partial charge is 0.479 e. The fourth-order valence-corrected chi connectivity index (χ4v) is 3.98. The van der Waals surface area contributed by atoms with Crippen LogP contribution < -0.4 is 4.74 Å². The monoisotopic (exact) mass is 458 g/mol. The molecule has 0 saturated heterocycles. The quantitative estimate of drug-likeness (QED) is 0.421. The molecule has 3 aromatic carbocycles. The van der Waals surface area contributed by atoms with Crippen molar-refractivity contribution in [2.45, 2.75) is 4.90 Å². The van der Waals surface area contributed by atoms with E-state index in [1.165, 1.54) is 42.1 Å². The van der Waals surface area contributed by atoms with Crippen molar-refractivity contribution < 1.29 is 26.3 Å². The summed E-state index contributed by atoms with van der Waals surface area (Å²) in [5.41, 5.74) is 2.23. The third-order valence-electron chi connectivity index (χ3n) is 4.88. The number of rotatable bonds is 5. The maximum absolute atomic E-state index is 14.0. The first kappa shape index (κ1) is 21.6. The van der Waals surface area contributed by atoms with E-state index in [4.69, 9.17) is 4.74 Å². The van der Waals surface area contributed by atoms with Crippen molar-refractivity contribution >= 4 is 9.84 Å². The SMILES string of the molecule is COc1nn(-c2ccc(F)c(F)c2)c(-c2ccc(S(C)(=O)=O)cc2)c1-c1ccc(F)cc1. The summed E-state index contributed by atoms with van der Waals surface area (Å²) in [6.07, 6.45) is 1.10. The van der Waals surface area contributed by atoms with E-state index in [0.29, 0.717) is 22.4 Å². The van der Waals surface area contributed by atoms with Crippen LogP contribution in [0.5, 0.6) is 5.88 Å². The van der Waals surface area contributed by atoms with Crippen LogP contribution in [-0.2, 0) is 9.84 Å². The molecular weight excluding hydrogens is 441 g/mol. The molecule has 0 amide bonds. The molecule has 0 spiro atoms. The van der Waals surface area contributed by atoms with Crippen molar-refractivity contribution in [2.24, 2.45) is 0 Å². The van der Waals surface area contributed by atoms with Gasteiger partial charge in [0, 0.05) is 17.9 Å². The van der Waals surface area contributed by atoms with Crippen molar-refractivity contribution in [1.82, 2.24) is 9.78 Å². The van der Waals surface area contributed by atoms with Crippen molar-refractivity contribution in [3.8, 4) is 34.0 Å². The topological polar surface area (TPSA) is 61.2 Å². The minimum atomic E-state index is -3.42. The van der Waals surface area contributed by atoms with Gasteiger partial charge in [-0.25, -0.2) is 26.3 Å². The first-order chi connectivity index (χ1) is 15.2. The Morgan fingerprint density at radius 1 is 0.844 bits per heavy atom. The lowest BCUT2D eigenvalue weighted by molar-refractivity contribution is 0.395. The zero-order valence-electron chi connectivity index (χ0n) is 17.0. The number of aromatic nitrogens is 2. The average molecular weight is 458 g/mol. The van der Waals surface area contributed by atoms with Crippen molar-refractivity contribution in [3.05, 3.63) is 84.2 Å². The summed E-state index contributed by atoms with van der Waals surface area (Å²) < 4.78 is 71.6. The summed E-state index contributed by atoms with van der Waals surface area (Å²) in [6, 6.07) is 15.0. The predicted octanol–water partition coefficient (Wildman–Crippen LogP) is 5.04. The van der Waals surface area contributed by atoms with Crippen molar-refractivity contribution in [3.63, 3.8) is 0 Å². The Kier molecular flexibility index (Phi) is 5.52. The molecule has 5 nitrogen and oxygen atoms in total. The van der Waals surface area contributed by atoms with Crippen LogP contribution in [0.4, 0.5) is 13.2 Å². The minimum absolute atomic E-state index is 0.121. The molecule has 0 saturated carbocycles. The number of ether oxygens (including phenoxy) is 1. The summed E-state index contributed by atoms with van der Waals surface area (Å²) in [5.74, 6) is -2.33. The highest BCUT2D eigenvalue weighted by Gasteiger charge is 2.24. The van der Waals surface area contributed by atoms with E-state index in [0.717, 1.165) is 18.4 Å². The Bertz CT molecular complexity index is 1400. The van der Waals surface area contributed by atoms with Crippen LogP contribution in [0, 0.1) is 17.5 Å². The second-order valence-electron chi connectivity index (χ2n) is 7.05. The van der Waals surface area contributed by atoms with Gasteiger partial charge in [0.25, 0.3) is 0 Å². The van der Waals surface area contributed by atoms with Crippen LogP contribution in [0.3, 0.4) is 0 Å². The smallest absolute Gasteiger partial charge is 0.241 e. The normalized spacial score (nSPS) is 11.5. The lowest BCUT2D eigenvalue weighted by Crippen LogP contribution is -2.02. The molecule has 0 radical (unpaired) electrons. The number of methoxy groups -OCH3 is 1. The van der Waals surface area contributed by atoms with Crippen LogP contribution in [0.1, 0.15) is 0 Å². The Balaban J connectivity index is 2.02. The van der Waals surface area contributed by atoms with Gasteiger partial charge >= 0.3 is 0 Å². The highest BCUT2D eigenvalue weighted by molar-refractivity contribution is 7.90. The number of hydrogen-bond acceptors (Lipinski definition) is 4. The van der Waals surface area contributed by atoms with Crippen LogP contribution in [0.2, 0.25) is 0 Å². The Hall–Kier alpha value is -3.59. The molecule has 0 aliphatic carbocycles. The molecule has 0 N–H and O–H groups in total. The number of hydrogen-bond donors (Lipinski definition) is 0. The third-order valence-corrected chi connectivity index (χ3v) is 6.01. The van der Waals surface area contributed by atoms with E-state index in [2.05, 4.69) is 5.10 Å². The number of nitrogens with zero attached hydrogens (tertiary/aromatic N) is 2. The van der Waals surface area contributed by atoms with Gasteiger partial charge in [-0.05, 0) is 42.0 Å². The zero-order chi connectivity index (χ0) is 23.0. The first-order valence-electron chi connectivity index (χ1n) is 9.38. The third kappa shape index (κ3) is 3.99. The summed E-state index contributed by atoms with van der Waals surface area (Å²) in [7, 11) is -2.02. The highest BCUT2D eigenvalue weighted by Crippen LogP contribution is 2.41. The van der Waals surface area contributed by atoms with Crippen LogP contribution in [0.15, 0.2) is 71.6 Å². The number of sulfone groups is 1. The van der Waals surface area contributed by atoms with Crippen LogP contribution in [-0.4, -0.2) is 31.6 Å². The predicted molar refractivity (Wildman–Crippen MR) is 114 cm³/mol. The van der Waals surface area contributed by atoms with Crippen LogP contribution in [0.25, 0.3) is 28.1 Å².